The Balaban J connectivity index is 1.81. The lowest BCUT2D eigenvalue weighted by atomic mass is 10.3. The van der Waals surface area contributed by atoms with Crippen molar-refractivity contribution in [1.82, 2.24) is 14.5 Å². The molecule has 3 heterocycles. The average molecular weight is 445 g/mol. The van der Waals surface area contributed by atoms with Crippen LogP contribution in [0.1, 0.15) is 0 Å². The second-order valence-corrected chi connectivity index (χ2v) is 10.0. The third-order valence-electron chi connectivity index (χ3n) is 3.87. The van der Waals surface area contributed by atoms with Crippen molar-refractivity contribution in [2.45, 2.75) is 25.9 Å². The van der Waals surface area contributed by atoms with Crippen LogP contribution in [0.25, 0.3) is 11.0 Å². The summed E-state index contributed by atoms with van der Waals surface area (Å²) in [7, 11) is -0.226. The van der Waals surface area contributed by atoms with E-state index in [0.29, 0.717) is 6.73 Å². The molecule has 2 aromatic rings. The third-order valence-corrected chi connectivity index (χ3v) is 5.90. The normalized spacial score (nSPS) is 15.7. The first-order chi connectivity index (χ1) is 11.2. The van der Waals surface area contributed by atoms with Crippen LogP contribution in [-0.4, -0.2) is 56.2 Å². The lowest BCUT2D eigenvalue weighted by molar-refractivity contribution is 0.0901. The highest BCUT2D eigenvalue weighted by Gasteiger charge is 2.19. The maximum atomic E-state index is 5.83. The van der Waals surface area contributed by atoms with Crippen LogP contribution in [0, 0.1) is 3.57 Å². The van der Waals surface area contributed by atoms with Gasteiger partial charge in [-0.3, -0.25) is 0 Å². The van der Waals surface area contributed by atoms with Gasteiger partial charge >= 0.3 is 0 Å². The van der Waals surface area contributed by atoms with Crippen LogP contribution in [0.2, 0.25) is 19.1 Å². The monoisotopic (exact) mass is 445 g/mol. The summed E-state index contributed by atoms with van der Waals surface area (Å²) in [6, 6.07) is 1.18. The van der Waals surface area contributed by atoms with Crippen LogP contribution in [0.4, 0.5) is 5.82 Å². The molecule has 1 aliphatic rings. The van der Waals surface area contributed by atoms with E-state index >= 15 is 0 Å². The molecule has 0 aromatic carbocycles. The SMILES string of the molecule is C[Si](C)CCOCn1cc(I)c2c(N3CCOCC3)ncnc21. The van der Waals surface area contributed by atoms with E-state index in [0.717, 1.165) is 49.8 Å². The summed E-state index contributed by atoms with van der Waals surface area (Å²) in [6.45, 7) is 9.25. The van der Waals surface area contributed by atoms with Crippen LogP contribution in [0.15, 0.2) is 12.5 Å². The molecular weight excluding hydrogens is 423 g/mol. The molecule has 125 valence electrons. The van der Waals surface area contributed by atoms with E-state index in [4.69, 9.17) is 9.47 Å². The predicted molar refractivity (Wildman–Crippen MR) is 102 cm³/mol. The average Bonchev–Trinajstić information content (AvgIpc) is 2.89. The minimum Gasteiger partial charge on any atom is -0.378 e. The standard InChI is InChI=1S/C15H22IN4O2Si/c1-23(2)8-7-22-11-20-9-12(16)13-14(17-10-18-15(13)20)19-3-5-21-6-4-19/h9-10H,3-8,11H2,1-2H3. The van der Waals surface area contributed by atoms with Gasteiger partial charge in [0, 0.05) is 38.3 Å². The molecule has 0 bridgehead atoms. The molecule has 0 aliphatic carbocycles. The van der Waals surface area contributed by atoms with Gasteiger partial charge in [0.15, 0.2) is 0 Å². The van der Waals surface area contributed by atoms with E-state index in [2.05, 4.69) is 61.3 Å². The second kappa shape index (κ2) is 7.91. The Morgan fingerprint density at radius 1 is 1.30 bits per heavy atom. The molecule has 23 heavy (non-hydrogen) atoms. The van der Waals surface area contributed by atoms with Gasteiger partial charge in [-0.15, -0.1) is 0 Å². The van der Waals surface area contributed by atoms with E-state index in [1.165, 1.54) is 9.61 Å². The molecular formula is C15H22IN4O2Si. The summed E-state index contributed by atoms with van der Waals surface area (Å²) in [4.78, 5) is 11.3. The molecule has 0 saturated carbocycles. The molecule has 0 unspecified atom stereocenters. The van der Waals surface area contributed by atoms with Crippen LogP contribution in [0.3, 0.4) is 0 Å². The van der Waals surface area contributed by atoms with Crippen molar-refractivity contribution in [2.75, 3.05) is 37.8 Å². The van der Waals surface area contributed by atoms with Gasteiger partial charge in [-0.1, -0.05) is 13.1 Å². The molecule has 1 saturated heterocycles. The first-order valence-electron chi connectivity index (χ1n) is 7.85. The minimum atomic E-state index is -0.226. The smallest absolute Gasteiger partial charge is 0.148 e. The van der Waals surface area contributed by atoms with Crippen LogP contribution in [0.5, 0.6) is 0 Å². The maximum absolute atomic E-state index is 5.83. The number of nitrogens with zero attached hydrogens (tertiary/aromatic N) is 4. The Kier molecular flexibility index (Phi) is 5.89. The van der Waals surface area contributed by atoms with Gasteiger partial charge in [0.1, 0.15) is 24.5 Å². The first-order valence-corrected chi connectivity index (χ1v) is 11.6. The molecule has 0 atom stereocenters. The topological polar surface area (TPSA) is 52.4 Å². The second-order valence-electron chi connectivity index (χ2n) is 5.94. The Hall–Kier alpha value is -0.713. The molecule has 1 fully saturated rings. The van der Waals surface area contributed by atoms with E-state index in [1.54, 1.807) is 6.33 Å². The van der Waals surface area contributed by atoms with Crippen molar-refractivity contribution in [3.8, 4) is 0 Å². The number of rotatable bonds is 6. The highest BCUT2D eigenvalue weighted by atomic mass is 127. The summed E-state index contributed by atoms with van der Waals surface area (Å²) < 4.78 is 14.5. The van der Waals surface area contributed by atoms with Crippen molar-refractivity contribution in [2.24, 2.45) is 0 Å². The van der Waals surface area contributed by atoms with Crippen molar-refractivity contribution in [3.63, 3.8) is 0 Å². The van der Waals surface area contributed by atoms with Crippen LogP contribution in [-0.2, 0) is 16.2 Å². The fraction of sp³-hybridized carbons (Fsp3) is 0.600. The largest absolute Gasteiger partial charge is 0.378 e. The summed E-state index contributed by atoms with van der Waals surface area (Å²) >= 11 is 2.36. The number of anilines is 1. The van der Waals surface area contributed by atoms with Crippen molar-refractivity contribution < 1.29 is 9.47 Å². The van der Waals surface area contributed by atoms with E-state index in [9.17, 15) is 0 Å². The van der Waals surface area contributed by atoms with Crippen LogP contribution >= 0.6 is 22.6 Å². The zero-order chi connectivity index (χ0) is 16.2. The number of hydrogen-bond acceptors (Lipinski definition) is 5. The van der Waals surface area contributed by atoms with Crippen LogP contribution < -0.4 is 4.90 Å². The molecule has 3 rings (SSSR count). The van der Waals surface area contributed by atoms with Gasteiger partial charge < -0.3 is 18.9 Å². The molecule has 0 N–H and O–H groups in total. The van der Waals surface area contributed by atoms with Gasteiger partial charge in [-0.2, -0.15) is 0 Å². The highest BCUT2D eigenvalue weighted by Crippen LogP contribution is 2.29. The van der Waals surface area contributed by atoms with Gasteiger partial charge in [-0.25, -0.2) is 9.97 Å². The van der Waals surface area contributed by atoms with Gasteiger partial charge in [-0.05, 0) is 28.6 Å². The number of halogens is 1. The van der Waals surface area contributed by atoms with Gasteiger partial charge in [0.05, 0.1) is 18.6 Å². The zero-order valence-corrected chi connectivity index (χ0v) is 16.7. The fourth-order valence-electron chi connectivity index (χ4n) is 2.61. The summed E-state index contributed by atoms with van der Waals surface area (Å²) in [5.74, 6) is 1.01. The van der Waals surface area contributed by atoms with Crippen molar-refractivity contribution in [1.29, 1.82) is 0 Å². The number of ether oxygens (including phenoxy) is 2. The van der Waals surface area contributed by atoms with E-state index in [1.807, 2.05) is 0 Å². The number of aromatic nitrogens is 3. The maximum Gasteiger partial charge on any atom is 0.148 e. The highest BCUT2D eigenvalue weighted by molar-refractivity contribution is 14.1. The van der Waals surface area contributed by atoms with E-state index < -0.39 is 0 Å². The summed E-state index contributed by atoms with van der Waals surface area (Å²) in [5.41, 5.74) is 0.949. The number of hydrogen-bond donors (Lipinski definition) is 0. The zero-order valence-electron chi connectivity index (χ0n) is 13.6. The van der Waals surface area contributed by atoms with Crippen molar-refractivity contribution in [3.05, 3.63) is 16.1 Å². The number of fused-ring (bicyclic) bond motifs is 1. The Morgan fingerprint density at radius 2 is 2.09 bits per heavy atom. The molecule has 1 radical (unpaired) electrons. The van der Waals surface area contributed by atoms with Crippen molar-refractivity contribution >= 4 is 48.2 Å². The summed E-state index contributed by atoms with van der Waals surface area (Å²) in [6.07, 6.45) is 3.76. The molecule has 6 nitrogen and oxygen atoms in total. The minimum absolute atomic E-state index is 0.226. The lowest BCUT2D eigenvalue weighted by Crippen LogP contribution is -2.36. The molecule has 1 aliphatic heterocycles. The fourth-order valence-corrected chi connectivity index (χ4v) is 3.98. The molecule has 0 spiro atoms. The number of morpholine rings is 1. The van der Waals surface area contributed by atoms with Gasteiger partial charge in [0.25, 0.3) is 0 Å². The quantitative estimate of drug-likeness (QED) is 0.389. The Morgan fingerprint density at radius 3 is 2.83 bits per heavy atom. The Labute approximate surface area is 151 Å². The third kappa shape index (κ3) is 4.04. The van der Waals surface area contributed by atoms with Gasteiger partial charge in [0.2, 0.25) is 0 Å². The predicted octanol–water partition coefficient (Wildman–Crippen LogP) is 2.60. The molecule has 0 amide bonds. The first kappa shape index (κ1) is 17.1. The lowest BCUT2D eigenvalue weighted by Gasteiger charge is -2.28. The molecule has 8 heteroatoms. The molecule has 2 aromatic heterocycles. The van der Waals surface area contributed by atoms with E-state index in [-0.39, 0.29) is 8.80 Å². The Bertz CT molecular complexity index is 658. The summed E-state index contributed by atoms with van der Waals surface area (Å²) in [5, 5.41) is 1.12.